The molecule has 0 saturated carbocycles. The minimum absolute atomic E-state index is 0.0704. The molecule has 3 aromatic rings. The molecule has 4 N–H and O–H groups in total. The molecule has 0 amide bonds. The highest BCUT2D eigenvalue weighted by Gasteiger charge is 2.04. The van der Waals surface area contributed by atoms with Gasteiger partial charge in [0.05, 0.1) is 5.69 Å². The number of oxime groups is 1. The lowest BCUT2D eigenvalue weighted by atomic mass is 10.1. The van der Waals surface area contributed by atoms with Crippen LogP contribution in [0.2, 0.25) is 0 Å². The van der Waals surface area contributed by atoms with E-state index in [1.165, 1.54) is 0 Å². The Hall–Kier alpha value is -3.60. The second-order valence-electron chi connectivity index (χ2n) is 5.44. The van der Waals surface area contributed by atoms with Crippen LogP contribution in [-0.4, -0.2) is 21.1 Å². The summed E-state index contributed by atoms with van der Waals surface area (Å²) in [6.07, 6.45) is 5.57. The fourth-order valence-corrected chi connectivity index (χ4v) is 2.44. The monoisotopic (exact) mass is 331 g/mol. The molecule has 0 aliphatic heterocycles. The smallest absolute Gasteiger partial charge is 0.170 e. The van der Waals surface area contributed by atoms with Crippen LogP contribution >= 0.6 is 0 Å². The van der Waals surface area contributed by atoms with Crippen molar-refractivity contribution in [1.29, 1.82) is 0 Å². The number of amidine groups is 1. The second-order valence-corrected chi connectivity index (χ2v) is 5.44. The number of aromatic nitrogens is 1. The quantitative estimate of drug-likeness (QED) is 0.294. The van der Waals surface area contributed by atoms with E-state index >= 15 is 0 Å². The number of aromatic hydroxyl groups is 1. The Balaban J connectivity index is 1.88. The maximum absolute atomic E-state index is 9.97. The summed E-state index contributed by atoms with van der Waals surface area (Å²) in [5.41, 5.74) is 9.51. The van der Waals surface area contributed by atoms with Crippen LogP contribution in [0.5, 0.6) is 5.75 Å². The van der Waals surface area contributed by atoms with Crippen LogP contribution in [0.15, 0.2) is 72.0 Å². The predicted molar refractivity (Wildman–Crippen MR) is 99.2 cm³/mol. The summed E-state index contributed by atoms with van der Waals surface area (Å²) >= 11 is 0. The molecule has 2 aromatic carbocycles. The van der Waals surface area contributed by atoms with Gasteiger partial charge in [0, 0.05) is 17.3 Å². The predicted octanol–water partition coefficient (Wildman–Crippen LogP) is 3.72. The molecular weight excluding hydrogens is 314 g/mol. The molecule has 0 bridgehead atoms. The van der Waals surface area contributed by atoms with Crippen molar-refractivity contribution in [3.8, 4) is 17.0 Å². The summed E-state index contributed by atoms with van der Waals surface area (Å²) in [5.74, 6) is 0.267. The molecule has 5 heteroatoms. The largest absolute Gasteiger partial charge is 0.507 e. The molecular formula is C20H17N3O2. The fourth-order valence-electron chi connectivity index (χ4n) is 2.44. The second kappa shape index (κ2) is 7.31. The molecule has 0 saturated heterocycles. The van der Waals surface area contributed by atoms with E-state index in [1.54, 1.807) is 24.4 Å². The van der Waals surface area contributed by atoms with Gasteiger partial charge in [0.2, 0.25) is 0 Å². The maximum Gasteiger partial charge on any atom is 0.170 e. The van der Waals surface area contributed by atoms with Gasteiger partial charge >= 0.3 is 0 Å². The molecule has 0 fully saturated rings. The normalized spacial score (nSPS) is 11.8. The molecule has 1 heterocycles. The summed E-state index contributed by atoms with van der Waals surface area (Å²) in [6.45, 7) is 0. The topological polar surface area (TPSA) is 91.7 Å². The van der Waals surface area contributed by atoms with Crippen LogP contribution in [0, 0.1) is 0 Å². The number of para-hydroxylation sites is 1. The van der Waals surface area contributed by atoms with E-state index in [2.05, 4.69) is 10.1 Å². The Kier molecular flexibility index (Phi) is 4.76. The van der Waals surface area contributed by atoms with E-state index in [4.69, 9.17) is 10.9 Å². The van der Waals surface area contributed by atoms with E-state index in [0.717, 1.165) is 11.1 Å². The molecule has 1 aromatic heterocycles. The molecule has 0 aliphatic carbocycles. The fraction of sp³-hybridized carbons (Fsp3) is 0. The molecule has 124 valence electrons. The molecule has 3 rings (SSSR count). The summed E-state index contributed by atoms with van der Waals surface area (Å²) in [4.78, 5) is 4.32. The van der Waals surface area contributed by atoms with E-state index in [9.17, 15) is 5.11 Å². The number of phenolic OH excluding ortho intramolecular Hbond substituents is 1. The number of hydrogen-bond donors (Lipinski definition) is 3. The zero-order chi connectivity index (χ0) is 17.6. The molecule has 0 spiro atoms. The summed E-state index contributed by atoms with van der Waals surface area (Å²) in [7, 11) is 0. The van der Waals surface area contributed by atoms with Crippen LogP contribution in [0.1, 0.15) is 16.7 Å². The molecule has 0 atom stereocenters. The van der Waals surface area contributed by atoms with Crippen molar-refractivity contribution in [1.82, 2.24) is 4.98 Å². The van der Waals surface area contributed by atoms with Crippen molar-refractivity contribution in [2.24, 2.45) is 10.9 Å². The van der Waals surface area contributed by atoms with Crippen molar-refractivity contribution in [3.05, 3.63) is 83.6 Å². The van der Waals surface area contributed by atoms with Gasteiger partial charge in [0.1, 0.15) is 5.75 Å². The molecule has 0 aliphatic rings. The average Bonchev–Trinajstić information content (AvgIpc) is 2.66. The lowest BCUT2D eigenvalue weighted by Gasteiger charge is -2.04. The number of pyridine rings is 1. The maximum atomic E-state index is 9.97. The third-order valence-corrected chi connectivity index (χ3v) is 3.72. The van der Waals surface area contributed by atoms with Gasteiger partial charge < -0.3 is 16.0 Å². The van der Waals surface area contributed by atoms with Gasteiger partial charge in [0.25, 0.3) is 0 Å². The summed E-state index contributed by atoms with van der Waals surface area (Å²) in [6, 6.07) is 18.2. The minimum Gasteiger partial charge on any atom is -0.507 e. The lowest BCUT2D eigenvalue weighted by Crippen LogP contribution is -2.12. The Morgan fingerprint density at radius 3 is 2.48 bits per heavy atom. The third-order valence-electron chi connectivity index (χ3n) is 3.72. The molecule has 25 heavy (non-hydrogen) atoms. The highest BCUT2D eigenvalue weighted by Crippen LogP contribution is 2.27. The van der Waals surface area contributed by atoms with Crippen LogP contribution in [0.25, 0.3) is 23.4 Å². The van der Waals surface area contributed by atoms with Gasteiger partial charge in [-0.1, -0.05) is 47.6 Å². The SMILES string of the molecule is N/C(=N\O)c1cccc(/C=C/c2ccnc(-c3ccccc3O)c2)c1. The van der Waals surface area contributed by atoms with Crippen molar-refractivity contribution in [2.45, 2.75) is 0 Å². The van der Waals surface area contributed by atoms with Crippen LogP contribution < -0.4 is 5.73 Å². The van der Waals surface area contributed by atoms with Crippen molar-refractivity contribution in [2.75, 3.05) is 0 Å². The number of phenols is 1. The van der Waals surface area contributed by atoms with Gasteiger partial charge in [-0.3, -0.25) is 4.98 Å². The molecule has 5 nitrogen and oxygen atoms in total. The summed E-state index contributed by atoms with van der Waals surface area (Å²) < 4.78 is 0. The zero-order valence-electron chi connectivity index (χ0n) is 13.4. The Labute approximate surface area is 145 Å². The van der Waals surface area contributed by atoms with Crippen LogP contribution in [0.4, 0.5) is 0 Å². The van der Waals surface area contributed by atoms with Gasteiger partial charge in [0.15, 0.2) is 5.84 Å². The Morgan fingerprint density at radius 1 is 0.960 bits per heavy atom. The van der Waals surface area contributed by atoms with Gasteiger partial charge in [-0.05, 0) is 41.5 Å². The standard InChI is InChI=1S/C20H17N3O2/c21-20(23-25)16-5-3-4-14(12-16)8-9-15-10-11-22-18(13-15)17-6-1-2-7-19(17)24/h1-13,24-25H,(H2,21,23)/b9-8+. The van der Waals surface area contributed by atoms with E-state index in [-0.39, 0.29) is 11.6 Å². The first kappa shape index (κ1) is 16.3. The third kappa shape index (κ3) is 3.84. The number of hydrogen-bond acceptors (Lipinski definition) is 4. The zero-order valence-corrected chi connectivity index (χ0v) is 13.4. The first-order valence-corrected chi connectivity index (χ1v) is 7.68. The van der Waals surface area contributed by atoms with Crippen molar-refractivity contribution >= 4 is 18.0 Å². The molecule has 0 unspecified atom stereocenters. The number of nitrogens with zero attached hydrogens (tertiary/aromatic N) is 2. The average molecular weight is 331 g/mol. The lowest BCUT2D eigenvalue weighted by molar-refractivity contribution is 0.318. The van der Waals surface area contributed by atoms with Crippen molar-refractivity contribution in [3.63, 3.8) is 0 Å². The highest BCUT2D eigenvalue weighted by atomic mass is 16.4. The van der Waals surface area contributed by atoms with Crippen LogP contribution in [-0.2, 0) is 0 Å². The number of nitrogens with two attached hydrogens (primary N) is 1. The van der Waals surface area contributed by atoms with E-state index < -0.39 is 0 Å². The Bertz CT molecular complexity index is 949. The van der Waals surface area contributed by atoms with E-state index in [1.807, 2.05) is 54.6 Å². The van der Waals surface area contributed by atoms with Gasteiger partial charge in [-0.25, -0.2) is 0 Å². The number of rotatable bonds is 4. The van der Waals surface area contributed by atoms with Gasteiger partial charge in [-0.2, -0.15) is 0 Å². The minimum atomic E-state index is 0.0704. The first-order valence-electron chi connectivity index (χ1n) is 7.68. The highest BCUT2D eigenvalue weighted by molar-refractivity contribution is 5.97. The first-order chi connectivity index (χ1) is 12.2. The van der Waals surface area contributed by atoms with E-state index in [0.29, 0.717) is 16.8 Å². The van der Waals surface area contributed by atoms with Gasteiger partial charge in [-0.15, -0.1) is 0 Å². The van der Waals surface area contributed by atoms with Crippen molar-refractivity contribution < 1.29 is 10.3 Å². The Morgan fingerprint density at radius 2 is 1.72 bits per heavy atom. The molecule has 0 radical (unpaired) electrons. The summed E-state index contributed by atoms with van der Waals surface area (Å²) in [5, 5.41) is 21.7. The van der Waals surface area contributed by atoms with Crippen LogP contribution in [0.3, 0.4) is 0 Å². The number of benzene rings is 2.